The van der Waals surface area contributed by atoms with Crippen molar-refractivity contribution < 1.29 is 9.90 Å². The number of anilines is 1. The Balaban J connectivity index is 2.74. The summed E-state index contributed by atoms with van der Waals surface area (Å²) < 4.78 is 0. The number of carboxylic acid groups (broad SMARTS) is 1. The van der Waals surface area contributed by atoms with Gasteiger partial charge in [0.2, 0.25) is 5.13 Å². The average Bonchev–Trinajstić information content (AvgIpc) is 2.50. The molecule has 0 radical (unpaired) electrons. The second-order valence-electron chi connectivity index (χ2n) is 2.84. The van der Waals surface area contributed by atoms with E-state index in [9.17, 15) is 4.79 Å². The maximum absolute atomic E-state index is 10.5. The summed E-state index contributed by atoms with van der Waals surface area (Å²) in [7, 11) is 0. The second-order valence-corrected chi connectivity index (χ2v) is 3.65. The van der Waals surface area contributed by atoms with Crippen LogP contribution in [0.1, 0.15) is 13.8 Å². The summed E-state index contributed by atoms with van der Waals surface area (Å²) in [4.78, 5) is 12.2. The highest BCUT2D eigenvalue weighted by atomic mass is 32.1. The Labute approximate surface area is 80.0 Å². The van der Waals surface area contributed by atoms with Gasteiger partial charge in [0.15, 0.2) is 0 Å². The Kier molecular flexibility index (Phi) is 3.18. The van der Waals surface area contributed by atoms with Gasteiger partial charge in [-0.3, -0.25) is 4.79 Å². The fourth-order valence-electron chi connectivity index (χ4n) is 0.909. The van der Waals surface area contributed by atoms with Crippen LogP contribution in [0.3, 0.4) is 0 Å². The van der Waals surface area contributed by atoms with Gasteiger partial charge in [-0.15, -0.1) is 10.2 Å². The Morgan fingerprint density at radius 1 is 1.77 bits per heavy atom. The first kappa shape index (κ1) is 9.91. The second kappa shape index (κ2) is 4.18. The molecule has 13 heavy (non-hydrogen) atoms. The Morgan fingerprint density at radius 2 is 2.46 bits per heavy atom. The van der Waals surface area contributed by atoms with Crippen LogP contribution in [0.4, 0.5) is 5.13 Å². The number of rotatable bonds is 4. The molecule has 6 heteroatoms. The molecule has 1 aromatic rings. The number of aromatic nitrogens is 2. The zero-order valence-electron chi connectivity index (χ0n) is 7.47. The molecule has 0 aliphatic carbocycles. The van der Waals surface area contributed by atoms with Gasteiger partial charge in [-0.2, -0.15) is 0 Å². The van der Waals surface area contributed by atoms with Crippen LogP contribution in [0.5, 0.6) is 0 Å². The third kappa shape index (κ3) is 2.66. The van der Waals surface area contributed by atoms with Crippen molar-refractivity contribution in [3.63, 3.8) is 0 Å². The van der Waals surface area contributed by atoms with Gasteiger partial charge in [-0.05, 0) is 13.8 Å². The van der Waals surface area contributed by atoms with Crippen molar-refractivity contribution in [2.45, 2.75) is 19.9 Å². The Bertz CT molecular complexity index is 273. The fraction of sp³-hybridized carbons (Fsp3) is 0.571. The molecular formula is C7H11N3O2S. The van der Waals surface area contributed by atoms with Gasteiger partial charge in [-0.1, -0.05) is 11.3 Å². The highest BCUT2D eigenvalue weighted by Gasteiger charge is 2.16. The predicted molar refractivity (Wildman–Crippen MR) is 50.0 cm³/mol. The summed E-state index contributed by atoms with van der Waals surface area (Å²) in [6.45, 7) is 3.81. The van der Waals surface area contributed by atoms with Crippen LogP contribution in [-0.2, 0) is 4.79 Å². The molecule has 72 valence electrons. The highest BCUT2D eigenvalue weighted by molar-refractivity contribution is 7.13. The van der Waals surface area contributed by atoms with Crippen molar-refractivity contribution in [2.24, 2.45) is 0 Å². The Morgan fingerprint density at radius 3 is 2.85 bits per heavy atom. The van der Waals surface area contributed by atoms with E-state index in [4.69, 9.17) is 5.11 Å². The minimum Gasteiger partial charge on any atom is -0.480 e. The number of carbonyl (C=O) groups is 1. The van der Waals surface area contributed by atoms with E-state index in [0.29, 0.717) is 5.13 Å². The zero-order chi connectivity index (χ0) is 9.84. The lowest BCUT2D eigenvalue weighted by atomic mass is 10.3. The first-order valence-corrected chi connectivity index (χ1v) is 4.74. The van der Waals surface area contributed by atoms with E-state index in [1.165, 1.54) is 11.3 Å². The molecule has 0 atom stereocenters. The summed E-state index contributed by atoms with van der Waals surface area (Å²) in [5, 5.41) is 16.8. The number of hydrogen-bond acceptors (Lipinski definition) is 5. The Hall–Kier alpha value is -1.17. The van der Waals surface area contributed by atoms with Gasteiger partial charge < -0.3 is 10.0 Å². The molecule has 0 aliphatic rings. The number of aliphatic carboxylic acids is 1. The monoisotopic (exact) mass is 201 g/mol. The van der Waals surface area contributed by atoms with Gasteiger partial charge in [0, 0.05) is 6.04 Å². The van der Waals surface area contributed by atoms with Gasteiger partial charge in [0.25, 0.3) is 0 Å². The predicted octanol–water partition coefficient (Wildman–Crippen LogP) is 0.837. The molecule has 5 nitrogen and oxygen atoms in total. The van der Waals surface area contributed by atoms with Crippen molar-refractivity contribution in [2.75, 3.05) is 11.4 Å². The molecule has 0 fully saturated rings. The van der Waals surface area contributed by atoms with Gasteiger partial charge in [-0.25, -0.2) is 0 Å². The largest absolute Gasteiger partial charge is 0.480 e. The van der Waals surface area contributed by atoms with Crippen LogP contribution in [-0.4, -0.2) is 33.9 Å². The zero-order valence-corrected chi connectivity index (χ0v) is 8.28. The van der Waals surface area contributed by atoms with Crippen LogP contribution in [0.2, 0.25) is 0 Å². The van der Waals surface area contributed by atoms with E-state index in [2.05, 4.69) is 10.2 Å². The standard InChI is InChI=1S/C7H11N3O2S/c1-5(2)10(3-6(11)12)7-9-8-4-13-7/h4-5H,3H2,1-2H3,(H,11,12). The van der Waals surface area contributed by atoms with E-state index in [1.54, 1.807) is 10.4 Å². The summed E-state index contributed by atoms with van der Waals surface area (Å²) in [5.74, 6) is -0.857. The van der Waals surface area contributed by atoms with Gasteiger partial charge in [0.1, 0.15) is 12.1 Å². The van der Waals surface area contributed by atoms with Crippen molar-refractivity contribution >= 4 is 22.4 Å². The SMILES string of the molecule is CC(C)N(CC(=O)O)c1nncs1. The highest BCUT2D eigenvalue weighted by Crippen LogP contribution is 2.17. The quantitative estimate of drug-likeness (QED) is 0.781. The molecule has 0 aliphatic heterocycles. The molecule has 1 aromatic heterocycles. The lowest BCUT2D eigenvalue weighted by molar-refractivity contribution is -0.135. The molecule has 0 unspecified atom stereocenters. The third-order valence-corrected chi connectivity index (χ3v) is 2.25. The molecule has 0 spiro atoms. The molecule has 1 N–H and O–H groups in total. The number of carboxylic acids is 1. The van der Waals surface area contributed by atoms with Crippen LogP contribution in [0.15, 0.2) is 5.51 Å². The summed E-state index contributed by atoms with van der Waals surface area (Å²) >= 11 is 1.34. The van der Waals surface area contributed by atoms with Gasteiger partial charge >= 0.3 is 5.97 Å². The van der Waals surface area contributed by atoms with Crippen molar-refractivity contribution in [1.29, 1.82) is 0 Å². The molecule has 0 bridgehead atoms. The number of hydrogen-bond donors (Lipinski definition) is 1. The minimum absolute atomic E-state index is 0.0349. The van der Waals surface area contributed by atoms with Crippen LogP contribution in [0, 0.1) is 0 Å². The molecule has 0 saturated carbocycles. The smallest absolute Gasteiger partial charge is 0.323 e. The average molecular weight is 201 g/mol. The van der Waals surface area contributed by atoms with Gasteiger partial charge in [0.05, 0.1) is 0 Å². The molecular weight excluding hydrogens is 190 g/mol. The van der Waals surface area contributed by atoms with E-state index < -0.39 is 5.97 Å². The first-order chi connectivity index (χ1) is 6.11. The van der Waals surface area contributed by atoms with E-state index >= 15 is 0 Å². The maximum atomic E-state index is 10.5. The third-order valence-electron chi connectivity index (χ3n) is 1.52. The number of nitrogens with zero attached hydrogens (tertiary/aromatic N) is 3. The van der Waals surface area contributed by atoms with Crippen LogP contribution in [0.25, 0.3) is 0 Å². The lowest BCUT2D eigenvalue weighted by Gasteiger charge is -2.22. The van der Waals surface area contributed by atoms with Crippen molar-refractivity contribution in [3.05, 3.63) is 5.51 Å². The normalized spacial score (nSPS) is 10.4. The lowest BCUT2D eigenvalue weighted by Crippen LogP contribution is -2.35. The van der Waals surface area contributed by atoms with Crippen LogP contribution >= 0.6 is 11.3 Å². The molecule has 0 amide bonds. The molecule has 0 saturated heterocycles. The van der Waals surface area contributed by atoms with Crippen molar-refractivity contribution in [1.82, 2.24) is 10.2 Å². The molecule has 0 aromatic carbocycles. The van der Waals surface area contributed by atoms with E-state index in [0.717, 1.165) is 0 Å². The molecule has 1 heterocycles. The maximum Gasteiger partial charge on any atom is 0.323 e. The molecule has 1 rings (SSSR count). The fourth-order valence-corrected chi connectivity index (χ4v) is 1.60. The van der Waals surface area contributed by atoms with E-state index in [-0.39, 0.29) is 12.6 Å². The first-order valence-electron chi connectivity index (χ1n) is 3.86. The van der Waals surface area contributed by atoms with Crippen molar-refractivity contribution in [3.8, 4) is 0 Å². The van der Waals surface area contributed by atoms with E-state index in [1.807, 2.05) is 13.8 Å². The summed E-state index contributed by atoms with van der Waals surface area (Å²) in [5.41, 5.74) is 1.59. The summed E-state index contributed by atoms with van der Waals surface area (Å²) in [6, 6.07) is 0.115. The minimum atomic E-state index is -0.857. The van der Waals surface area contributed by atoms with Crippen LogP contribution < -0.4 is 4.90 Å². The topological polar surface area (TPSA) is 66.3 Å². The summed E-state index contributed by atoms with van der Waals surface area (Å²) in [6.07, 6.45) is 0.